The SMILES string of the molecule is Cc1c2c(c(CC(C)C)c3ccc(CC(C)C)cc13)Sc1cc3cccc(C(C)C)c3c3cc[n+](C)c-2c13. The molecular weight excluding hydrogens is 478 g/mol. The normalized spacial score (nSPS) is 13.0. The van der Waals surface area contributed by atoms with E-state index in [1.807, 2.05) is 11.8 Å². The highest BCUT2D eigenvalue weighted by Gasteiger charge is 2.33. The van der Waals surface area contributed by atoms with E-state index < -0.39 is 0 Å². The summed E-state index contributed by atoms with van der Waals surface area (Å²) in [4.78, 5) is 2.86. The second-order valence-electron chi connectivity index (χ2n) is 12.5. The molecule has 2 heteroatoms. The summed E-state index contributed by atoms with van der Waals surface area (Å²) in [5.41, 5.74) is 8.66. The van der Waals surface area contributed by atoms with Crippen LogP contribution < -0.4 is 4.57 Å². The molecule has 0 aliphatic carbocycles. The van der Waals surface area contributed by atoms with Crippen molar-refractivity contribution in [2.75, 3.05) is 0 Å². The lowest BCUT2D eigenvalue weighted by atomic mass is 9.86. The van der Waals surface area contributed by atoms with Crippen molar-refractivity contribution < 1.29 is 4.57 Å². The summed E-state index contributed by atoms with van der Waals surface area (Å²) >= 11 is 2.01. The van der Waals surface area contributed by atoms with Crippen LogP contribution in [0.15, 0.2) is 64.5 Å². The van der Waals surface area contributed by atoms with Crippen molar-refractivity contribution >= 4 is 44.1 Å². The van der Waals surface area contributed by atoms with Gasteiger partial charge in [-0.25, -0.2) is 4.57 Å². The molecule has 0 saturated carbocycles. The minimum absolute atomic E-state index is 0.482. The third kappa shape index (κ3) is 3.95. The van der Waals surface area contributed by atoms with Gasteiger partial charge in [-0.05, 0) is 87.4 Å². The fraction of sp³-hybridized carbons (Fsp3) is 0.361. The molecule has 0 spiro atoms. The van der Waals surface area contributed by atoms with E-state index in [9.17, 15) is 0 Å². The van der Waals surface area contributed by atoms with Crippen LogP contribution in [-0.2, 0) is 19.9 Å². The number of hydrogen-bond donors (Lipinski definition) is 0. The number of fused-ring (bicyclic) bond motifs is 5. The molecule has 4 aromatic carbocycles. The second kappa shape index (κ2) is 9.42. The Morgan fingerprint density at radius 1 is 0.789 bits per heavy atom. The van der Waals surface area contributed by atoms with Gasteiger partial charge in [0.05, 0.1) is 10.9 Å². The van der Waals surface area contributed by atoms with E-state index >= 15 is 0 Å². The smallest absolute Gasteiger partial charge is 0.200 e. The van der Waals surface area contributed by atoms with Gasteiger partial charge in [0.1, 0.15) is 7.05 Å². The first kappa shape index (κ1) is 25.4. The lowest BCUT2D eigenvalue weighted by molar-refractivity contribution is -0.659. The maximum absolute atomic E-state index is 2.49. The van der Waals surface area contributed by atoms with Crippen LogP contribution in [0.4, 0.5) is 0 Å². The molecule has 1 aliphatic heterocycles. The summed E-state index contributed by atoms with van der Waals surface area (Å²) in [5.74, 6) is 1.73. The van der Waals surface area contributed by atoms with Gasteiger partial charge >= 0.3 is 0 Å². The van der Waals surface area contributed by atoms with Gasteiger partial charge in [-0.1, -0.05) is 89.7 Å². The van der Waals surface area contributed by atoms with Gasteiger partial charge < -0.3 is 0 Å². The van der Waals surface area contributed by atoms with Crippen molar-refractivity contribution in [2.45, 2.75) is 77.0 Å². The van der Waals surface area contributed by atoms with Gasteiger partial charge in [0.25, 0.3) is 0 Å². The highest BCUT2D eigenvalue weighted by molar-refractivity contribution is 8.00. The van der Waals surface area contributed by atoms with Crippen LogP contribution in [0.5, 0.6) is 0 Å². The van der Waals surface area contributed by atoms with Gasteiger partial charge in [0, 0.05) is 21.2 Å². The van der Waals surface area contributed by atoms with Crippen molar-refractivity contribution in [1.29, 1.82) is 0 Å². The predicted molar refractivity (Wildman–Crippen MR) is 166 cm³/mol. The Balaban J connectivity index is 1.77. The average Bonchev–Trinajstić information content (AvgIpc) is 2.86. The van der Waals surface area contributed by atoms with E-state index in [2.05, 4.69) is 115 Å². The van der Waals surface area contributed by atoms with Crippen molar-refractivity contribution in [1.82, 2.24) is 0 Å². The van der Waals surface area contributed by atoms with E-state index in [1.165, 1.54) is 75.6 Å². The maximum Gasteiger partial charge on any atom is 0.222 e. The Kier molecular flexibility index (Phi) is 6.30. The first-order valence-electron chi connectivity index (χ1n) is 14.3. The molecule has 0 radical (unpaired) electrons. The zero-order chi connectivity index (χ0) is 26.9. The number of rotatable bonds is 5. The molecule has 5 aromatic rings. The lowest BCUT2D eigenvalue weighted by Crippen LogP contribution is -2.32. The van der Waals surface area contributed by atoms with Crippen molar-refractivity contribution in [3.05, 3.63) is 77.0 Å². The summed E-state index contributed by atoms with van der Waals surface area (Å²) in [5, 5.41) is 8.47. The molecule has 1 aliphatic rings. The highest BCUT2D eigenvalue weighted by atomic mass is 32.2. The topological polar surface area (TPSA) is 3.88 Å². The molecule has 0 N–H and O–H groups in total. The molecule has 1 aromatic heterocycles. The van der Waals surface area contributed by atoms with E-state index in [-0.39, 0.29) is 0 Å². The number of aromatic nitrogens is 1. The first-order valence-corrected chi connectivity index (χ1v) is 15.1. The monoisotopic (exact) mass is 518 g/mol. The number of pyridine rings is 1. The number of benzene rings is 4. The number of hydrogen-bond acceptors (Lipinski definition) is 1. The lowest BCUT2D eigenvalue weighted by Gasteiger charge is -2.26. The summed E-state index contributed by atoms with van der Waals surface area (Å²) in [7, 11) is 2.23. The third-order valence-electron chi connectivity index (χ3n) is 8.27. The van der Waals surface area contributed by atoms with Gasteiger partial charge in [-0.2, -0.15) is 0 Å². The molecule has 0 atom stereocenters. The van der Waals surface area contributed by atoms with Crippen LogP contribution in [-0.4, -0.2) is 0 Å². The number of nitrogens with zero attached hydrogens (tertiary/aromatic N) is 1. The van der Waals surface area contributed by atoms with Crippen LogP contribution in [0, 0.1) is 18.8 Å². The molecule has 6 rings (SSSR count). The molecule has 2 heterocycles. The van der Waals surface area contributed by atoms with Crippen LogP contribution >= 0.6 is 11.8 Å². The minimum atomic E-state index is 0.482. The van der Waals surface area contributed by atoms with E-state index in [1.54, 1.807) is 0 Å². The summed E-state index contributed by atoms with van der Waals surface area (Å²) in [6.45, 7) is 16.3. The Morgan fingerprint density at radius 2 is 1.55 bits per heavy atom. The molecule has 0 saturated heterocycles. The van der Waals surface area contributed by atoms with Gasteiger partial charge in [-0.15, -0.1) is 0 Å². The zero-order valence-corrected chi connectivity index (χ0v) is 25.0. The Labute approximate surface area is 232 Å². The summed E-state index contributed by atoms with van der Waals surface area (Å²) in [6, 6.07) is 19.0. The standard InChI is InChI=1S/C36H40NS/c1-20(2)16-24-12-13-27-29(18-24)23(7)32-35-34-28(14-15-37(35)8)33-25(10-9-11-26(33)22(5)6)19-31(34)38-36(32)30(27)17-21(3)4/h9-15,18-22H,16-17H2,1-8H3/q+1. The molecule has 38 heavy (non-hydrogen) atoms. The molecule has 194 valence electrons. The summed E-state index contributed by atoms with van der Waals surface area (Å²) in [6.07, 6.45) is 4.51. The second-order valence-corrected chi connectivity index (χ2v) is 13.6. The van der Waals surface area contributed by atoms with Crippen LogP contribution in [0.25, 0.3) is 43.6 Å². The van der Waals surface area contributed by atoms with E-state index in [4.69, 9.17) is 0 Å². The van der Waals surface area contributed by atoms with Gasteiger partial charge in [0.2, 0.25) is 5.69 Å². The Bertz CT molecular complexity index is 1740. The molecule has 0 fully saturated rings. The molecule has 0 bridgehead atoms. The van der Waals surface area contributed by atoms with Gasteiger partial charge in [0.15, 0.2) is 6.20 Å². The minimum Gasteiger partial charge on any atom is -0.200 e. The number of aryl methyl sites for hydroxylation is 2. The fourth-order valence-electron chi connectivity index (χ4n) is 6.66. The third-order valence-corrected chi connectivity index (χ3v) is 9.47. The predicted octanol–water partition coefficient (Wildman–Crippen LogP) is 9.93. The Morgan fingerprint density at radius 3 is 2.26 bits per heavy atom. The molecule has 1 nitrogen and oxygen atoms in total. The largest absolute Gasteiger partial charge is 0.222 e. The zero-order valence-electron chi connectivity index (χ0n) is 24.2. The van der Waals surface area contributed by atoms with E-state index in [0.717, 1.165) is 12.8 Å². The molecule has 0 amide bonds. The van der Waals surface area contributed by atoms with Crippen molar-refractivity contribution in [3.8, 4) is 11.3 Å². The average molecular weight is 519 g/mol. The highest BCUT2D eigenvalue weighted by Crippen LogP contribution is 2.53. The first-order chi connectivity index (χ1) is 18.2. The maximum atomic E-state index is 2.49. The fourth-order valence-corrected chi connectivity index (χ4v) is 8.05. The van der Waals surface area contributed by atoms with Crippen molar-refractivity contribution in [3.63, 3.8) is 0 Å². The van der Waals surface area contributed by atoms with Gasteiger partial charge in [-0.3, -0.25) is 0 Å². The van der Waals surface area contributed by atoms with Crippen molar-refractivity contribution in [2.24, 2.45) is 18.9 Å². The van der Waals surface area contributed by atoms with Crippen LogP contribution in [0.3, 0.4) is 0 Å². The Hall–Kier alpha value is -2.84. The quantitative estimate of drug-likeness (QED) is 0.162. The van der Waals surface area contributed by atoms with Crippen LogP contribution in [0.1, 0.15) is 69.7 Å². The molecule has 0 unspecified atom stereocenters. The molecular formula is C36H40NS+. The van der Waals surface area contributed by atoms with E-state index in [0.29, 0.717) is 17.8 Å². The summed E-state index contributed by atoms with van der Waals surface area (Å²) < 4.78 is 2.38. The van der Waals surface area contributed by atoms with Crippen LogP contribution in [0.2, 0.25) is 0 Å².